The van der Waals surface area contributed by atoms with Crippen molar-refractivity contribution in [3.05, 3.63) is 133 Å². The Balaban J connectivity index is 1.60. The molecule has 3 heterocycles. The molecule has 0 atom stereocenters. The van der Waals surface area contributed by atoms with E-state index in [2.05, 4.69) is 144 Å². The fourth-order valence-electron chi connectivity index (χ4n) is 8.12. The third kappa shape index (κ3) is 5.72. The molecular formula is C49H49N6P. The molecule has 6 nitrogen and oxygen atoms in total. The molecule has 0 aliphatic carbocycles. The topological polar surface area (TPSA) is 77.3 Å². The van der Waals surface area contributed by atoms with Crippen molar-refractivity contribution in [1.29, 1.82) is 0 Å². The van der Waals surface area contributed by atoms with Crippen LogP contribution in [0.15, 0.2) is 60.7 Å². The molecule has 8 rings (SSSR count). The minimum Gasteiger partial charge on any atom is -0.249 e. The van der Waals surface area contributed by atoms with E-state index in [4.69, 9.17) is 29.9 Å². The minimum atomic E-state index is -1.18. The fourth-order valence-corrected chi connectivity index (χ4v) is 10.4. The van der Waals surface area contributed by atoms with Crippen molar-refractivity contribution >= 4 is 57.1 Å². The molecule has 0 N–H and O–H groups in total. The van der Waals surface area contributed by atoms with Crippen molar-refractivity contribution in [1.82, 2.24) is 29.9 Å². The van der Waals surface area contributed by atoms with Gasteiger partial charge in [-0.2, -0.15) is 0 Å². The van der Waals surface area contributed by atoms with Crippen LogP contribution in [0.4, 0.5) is 0 Å². The van der Waals surface area contributed by atoms with Crippen LogP contribution in [0.3, 0.4) is 0 Å². The first-order valence-electron chi connectivity index (χ1n) is 19.4. The third-order valence-electron chi connectivity index (χ3n) is 12.7. The fraction of sp³-hybridized carbons (Fsp3) is 0.265. The average molecular weight is 753 g/mol. The van der Waals surface area contributed by atoms with Gasteiger partial charge in [0.2, 0.25) is 0 Å². The Hall–Kier alpha value is -5.45. The van der Waals surface area contributed by atoms with Crippen LogP contribution in [0.5, 0.6) is 0 Å². The summed E-state index contributed by atoms with van der Waals surface area (Å²) in [5.41, 5.74) is 24.1. The van der Waals surface area contributed by atoms with E-state index in [1.54, 1.807) is 0 Å². The first kappa shape index (κ1) is 37.5. The highest BCUT2D eigenvalue weighted by molar-refractivity contribution is 7.79. The van der Waals surface area contributed by atoms with Crippen LogP contribution in [0.1, 0.15) is 72.5 Å². The number of rotatable bonds is 5. The van der Waals surface area contributed by atoms with E-state index in [1.165, 1.54) is 44.0 Å². The van der Waals surface area contributed by atoms with E-state index in [0.717, 1.165) is 83.3 Å². The molecule has 7 heteroatoms. The third-order valence-corrected chi connectivity index (χ3v) is 15.1. The largest absolute Gasteiger partial charge is 0.249 e. The molecule has 0 aliphatic heterocycles. The summed E-state index contributed by atoms with van der Waals surface area (Å²) in [7, 11) is -1.18. The predicted molar refractivity (Wildman–Crippen MR) is 237 cm³/mol. The van der Waals surface area contributed by atoms with Crippen LogP contribution in [0.2, 0.25) is 0 Å². The van der Waals surface area contributed by atoms with Crippen molar-refractivity contribution in [2.45, 2.75) is 90.0 Å². The van der Waals surface area contributed by atoms with Gasteiger partial charge in [-0.15, -0.1) is 0 Å². The van der Waals surface area contributed by atoms with Crippen molar-refractivity contribution in [2.75, 3.05) is 0 Å². The van der Waals surface area contributed by atoms with Gasteiger partial charge < -0.3 is 0 Å². The average Bonchev–Trinajstić information content (AvgIpc) is 3.22. The van der Waals surface area contributed by atoms with Crippen LogP contribution in [0, 0.1) is 90.0 Å². The summed E-state index contributed by atoms with van der Waals surface area (Å²) in [5.74, 6) is 0. The maximum Gasteiger partial charge on any atom is 0.120 e. The number of aryl methyl sites for hydroxylation is 7. The number of benzene rings is 5. The van der Waals surface area contributed by atoms with Gasteiger partial charge in [-0.05, 0) is 167 Å². The summed E-state index contributed by atoms with van der Waals surface area (Å²) >= 11 is 0. The Labute approximate surface area is 331 Å². The van der Waals surface area contributed by atoms with E-state index in [9.17, 15) is 0 Å². The van der Waals surface area contributed by atoms with Crippen LogP contribution in [-0.4, -0.2) is 29.9 Å². The second kappa shape index (κ2) is 13.9. The Morgan fingerprint density at radius 2 is 0.571 bits per heavy atom. The van der Waals surface area contributed by atoms with Crippen molar-refractivity contribution < 1.29 is 0 Å². The van der Waals surface area contributed by atoms with Crippen LogP contribution in [0.25, 0.3) is 55.9 Å². The standard InChI is InChI=1S/C49H49N6P/c1-24-25(2)31(8)40-39(30(24)7)50-36(13)45(51-40)46-47(53-42-33(10)27(4)26(3)32(9)41(42)52-46)48-49(55-44-35(12)29(6)28(5)34(11)43(44)54-48)56(37-20-16-14-17-21-37)38-22-18-15-19-23-38/h14-23H,1-13H3. The minimum absolute atomic E-state index is 0.676. The number of fused-ring (bicyclic) bond motifs is 3. The molecule has 0 radical (unpaired) electrons. The first-order valence-corrected chi connectivity index (χ1v) is 20.8. The molecule has 0 unspecified atom stereocenters. The normalized spacial score (nSPS) is 11.8. The molecular weight excluding hydrogens is 704 g/mol. The summed E-state index contributed by atoms with van der Waals surface area (Å²) in [6.45, 7) is 28.1. The molecule has 0 bridgehead atoms. The van der Waals surface area contributed by atoms with E-state index in [0.29, 0.717) is 17.1 Å². The Bertz CT molecular complexity index is 2900. The zero-order chi connectivity index (χ0) is 39.9. The molecule has 0 saturated carbocycles. The number of nitrogens with zero attached hydrogens (tertiary/aromatic N) is 6. The van der Waals surface area contributed by atoms with Crippen LogP contribution < -0.4 is 16.0 Å². The van der Waals surface area contributed by atoms with Gasteiger partial charge >= 0.3 is 0 Å². The summed E-state index contributed by atoms with van der Waals surface area (Å²) < 4.78 is 0. The van der Waals surface area contributed by atoms with Gasteiger partial charge in [0.05, 0.1) is 38.8 Å². The zero-order valence-electron chi connectivity index (χ0n) is 34.9. The molecule has 5 aromatic carbocycles. The molecule has 0 amide bonds. The van der Waals surface area contributed by atoms with Crippen LogP contribution in [-0.2, 0) is 0 Å². The zero-order valence-corrected chi connectivity index (χ0v) is 35.8. The maximum absolute atomic E-state index is 5.74. The number of hydrogen-bond donors (Lipinski definition) is 0. The van der Waals surface area contributed by atoms with Gasteiger partial charge in [0.1, 0.15) is 28.2 Å². The lowest BCUT2D eigenvalue weighted by Gasteiger charge is -2.24. The molecule has 0 spiro atoms. The van der Waals surface area contributed by atoms with E-state index in [1.807, 2.05) is 6.92 Å². The van der Waals surface area contributed by atoms with Gasteiger partial charge in [-0.3, -0.25) is 0 Å². The molecule has 56 heavy (non-hydrogen) atoms. The van der Waals surface area contributed by atoms with Crippen molar-refractivity contribution in [3.63, 3.8) is 0 Å². The lowest BCUT2D eigenvalue weighted by Crippen LogP contribution is -2.26. The van der Waals surface area contributed by atoms with Gasteiger partial charge in [-0.25, -0.2) is 29.9 Å². The van der Waals surface area contributed by atoms with Gasteiger partial charge in [0, 0.05) is 7.92 Å². The molecule has 280 valence electrons. The quantitative estimate of drug-likeness (QED) is 0.163. The highest BCUT2D eigenvalue weighted by Crippen LogP contribution is 2.42. The molecule has 0 fully saturated rings. The summed E-state index contributed by atoms with van der Waals surface area (Å²) in [5, 5.41) is 2.38. The summed E-state index contributed by atoms with van der Waals surface area (Å²) in [4.78, 5) is 33.5. The molecule has 0 aliphatic rings. The lowest BCUT2D eigenvalue weighted by atomic mass is 9.95. The summed E-state index contributed by atoms with van der Waals surface area (Å²) in [6.07, 6.45) is 0. The smallest absolute Gasteiger partial charge is 0.120 e. The second-order valence-electron chi connectivity index (χ2n) is 15.6. The van der Waals surface area contributed by atoms with Gasteiger partial charge in [0.15, 0.2) is 0 Å². The highest BCUT2D eigenvalue weighted by Gasteiger charge is 2.30. The van der Waals surface area contributed by atoms with Crippen LogP contribution >= 0.6 is 7.92 Å². The van der Waals surface area contributed by atoms with Crippen molar-refractivity contribution in [3.8, 4) is 22.8 Å². The predicted octanol–water partition coefficient (Wildman–Crippen LogP) is 10.6. The van der Waals surface area contributed by atoms with Gasteiger partial charge in [-0.1, -0.05) is 60.7 Å². The SMILES string of the molecule is Cc1nc2c(C)c(C)c(C)c(C)c2nc1-c1nc2c(C)c(C)c(C)c(C)c2nc1-c1nc2c(C)c(C)c(C)c(C)c2nc1P(c1ccccc1)c1ccccc1. The van der Waals surface area contributed by atoms with E-state index < -0.39 is 7.92 Å². The Kier molecular flexibility index (Phi) is 9.32. The summed E-state index contributed by atoms with van der Waals surface area (Å²) in [6, 6.07) is 21.5. The number of aromatic nitrogens is 6. The monoisotopic (exact) mass is 752 g/mol. The second-order valence-corrected chi connectivity index (χ2v) is 17.7. The maximum atomic E-state index is 5.74. The Morgan fingerprint density at radius 1 is 0.286 bits per heavy atom. The highest BCUT2D eigenvalue weighted by atomic mass is 31.1. The first-order chi connectivity index (χ1) is 26.7. The Morgan fingerprint density at radius 3 is 0.946 bits per heavy atom. The molecule has 0 saturated heterocycles. The van der Waals surface area contributed by atoms with Crippen molar-refractivity contribution in [2.24, 2.45) is 0 Å². The molecule has 3 aromatic heterocycles. The van der Waals surface area contributed by atoms with Gasteiger partial charge in [0.25, 0.3) is 0 Å². The lowest BCUT2D eigenvalue weighted by molar-refractivity contribution is 1.12. The number of hydrogen-bond acceptors (Lipinski definition) is 6. The molecule has 8 aromatic rings. The van der Waals surface area contributed by atoms with E-state index in [-0.39, 0.29) is 0 Å². The van der Waals surface area contributed by atoms with E-state index >= 15 is 0 Å².